The normalized spacial score (nSPS) is 16.9. The lowest BCUT2D eigenvalue weighted by Crippen LogP contribution is -2.40. The SMILES string of the molecule is Cc1ccc(S(=O)(=O)OCC2Cc3ccccc3N2C(=O)O)cc1. The molecule has 3 rings (SSSR count). The lowest BCUT2D eigenvalue weighted by atomic mass is 10.1. The maximum absolute atomic E-state index is 12.3. The van der Waals surface area contributed by atoms with Crippen molar-refractivity contribution in [3.63, 3.8) is 0 Å². The summed E-state index contributed by atoms with van der Waals surface area (Å²) in [5, 5.41) is 9.43. The van der Waals surface area contributed by atoms with Gasteiger partial charge in [-0.2, -0.15) is 8.42 Å². The lowest BCUT2D eigenvalue weighted by Gasteiger charge is -2.22. The maximum atomic E-state index is 12.3. The highest BCUT2D eigenvalue weighted by molar-refractivity contribution is 7.86. The molecule has 0 bridgehead atoms. The molecule has 1 heterocycles. The van der Waals surface area contributed by atoms with E-state index in [1.807, 2.05) is 19.1 Å². The molecule has 0 aromatic heterocycles. The number of carboxylic acid groups (broad SMARTS) is 1. The summed E-state index contributed by atoms with van der Waals surface area (Å²) in [7, 11) is -3.92. The second-order valence-corrected chi connectivity index (χ2v) is 7.31. The summed E-state index contributed by atoms with van der Waals surface area (Å²) in [5.74, 6) is 0. The molecule has 1 N–H and O–H groups in total. The maximum Gasteiger partial charge on any atom is 0.412 e. The standard InChI is InChI=1S/C17H17NO5S/c1-12-6-8-15(9-7-12)24(21,22)23-11-14-10-13-4-2-3-5-16(13)18(14)17(19)20/h2-9,14H,10-11H2,1H3,(H,19,20). The van der Waals surface area contributed by atoms with Crippen LogP contribution in [0.15, 0.2) is 53.4 Å². The Kier molecular flexibility index (Phi) is 4.29. The Morgan fingerprint density at radius 3 is 2.54 bits per heavy atom. The molecular formula is C17H17NO5S. The Hall–Kier alpha value is -2.38. The minimum Gasteiger partial charge on any atom is -0.465 e. The summed E-state index contributed by atoms with van der Waals surface area (Å²) in [4.78, 5) is 12.8. The van der Waals surface area contributed by atoms with E-state index in [0.717, 1.165) is 11.1 Å². The van der Waals surface area contributed by atoms with Crippen LogP contribution in [0.5, 0.6) is 0 Å². The fourth-order valence-electron chi connectivity index (χ4n) is 2.79. The van der Waals surface area contributed by atoms with Gasteiger partial charge in [-0.05, 0) is 37.1 Å². The van der Waals surface area contributed by atoms with Crippen LogP contribution >= 0.6 is 0 Å². The highest BCUT2D eigenvalue weighted by atomic mass is 32.2. The van der Waals surface area contributed by atoms with Gasteiger partial charge >= 0.3 is 6.09 Å². The van der Waals surface area contributed by atoms with Crippen molar-refractivity contribution in [2.45, 2.75) is 24.3 Å². The number of hydrogen-bond donors (Lipinski definition) is 1. The fourth-order valence-corrected chi connectivity index (χ4v) is 3.74. The van der Waals surface area contributed by atoms with Crippen LogP contribution in [0.4, 0.5) is 10.5 Å². The van der Waals surface area contributed by atoms with Gasteiger partial charge in [0.25, 0.3) is 10.1 Å². The van der Waals surface area contributed by atoms with Crippen molar-refractivity contribution in [2.24, 2.45) is 0 Å². The number of rotatable bonds is 4. The molecule has 1 aliphatic heterocycles. The third-order valence-corrected chi connectivity index (χ3v) is 5.30. The molecule has 0 fully saturated rings. The number of carbonyl (C=O) groups is 1. The van der Waals surface area contributed by atoms with Crippen molar-refractivity contribution in [1.82, 2.24) is 0 Å². The van der Waals surface area contributed by atoms with Gasteiger partial charge in [-0.3, -0.25) is 9.08 Å². The van der Waals surface area contributed by atoms with E-state index in [-0.39, 0.29) is 11.5 Å². The molecule has 7 heteroatoms. The lowest BCUT2D eigenvalue weighted by molar-refractivity contribution is 0.195. The largest absolute Gasteiger partial charge is 0.465 e. The first-order chi connectivity index (χ1) is 11.4. The molecule has 2 aromatic rings. The van der Waals surface area contributed by atoms with Crippen LogP contribution in [0.2, 0.25) is 0 Å². The highest BCUT2D eigenvalue weighted by Gasteiger charge is 2.34. The van der Waals surface area contributed by atoms with E-state index in [1.165, 1.54) is 17.0 Å². The van der Waals surface area contributed by atoms with Gasteiger partial charge in [0.2, 0.25) is 0 Å². The minimum atomic E-state index is -3.92. The van der Waals surface area contributed by atoms with E-state index < -0.39 is 22.3 Å². The Morgan fingerprint density at radius 1 is 1.21 bits per heavy atom. The summed E-state index contributed by atoms with van der Waals surface area (Å²) < 4.78 is 29.6. The minimum absolute atomic E-state index is 0.0606. The van der Waals surface area contributed by atoms with Crippen LogP contribution in [0.25, 0.3) is 0 Å². The van der Waals surface area contributed by atoms with E-state index >= 15 is 0 Å². The molecule has 0 saturated carbocycles. The zero-order chi connectivity index (χ0) is 17.3. The van der Waals surface area contributed by atoms with Gasteiger partial charge in [0.15, 0.2) is 0 Å². The Labute approximate surface area is 140 Å². The molecule has 2 aromatic carbocycles. The van der Waals surface area contributed by atoms with E-state index in [1.54, 1.807) is 24.3 Å². The van der Waals surface area contributed by atoms with Crippen molar-refractivity contribution in [1.29, 1.82) is 0 Å². The predicted molar refractivity (Wildman–Crippen MR) is 88.8 cm³/mol. The molecule has 0 spiro atoms. The monoisotopic (exact) mass is 347 g/mol. The number of fused-ring (bicyclic) bond motifs is 1. The zero-order valence-corrected chi connectivity index (χ0v) is 13.9. The van der Waals surface area contributed by atoms with Crippen LogP contribution < -0.4 is 4.90 Å². The van der Waals surface area contributed by atoms with Gasteiger partial charge in [-0.25, -0.2) is 4.79 Å². The number of nitrogens with zero attached hydrogens (tertiary/aromatic N) is 1. The number of anilines is 1. The number of para-hydroxylation sites is 1. The Bertz CT molecular complexity index is 861. The summed E-state index contributed by atoms with van der Waals surface area (Å²) >= 11 is 0. The van der Waals surface area contributed by atoms with Crippen molar-refractivity contribution >= 4 is 21.9 Å². The average Bonchev–Trinajstić information content (AvgIpc) is 2.92. The third-order valence-electron chi connectivity index (χ3n) is 4.00. The van der Waals surface area contributed by atoms with Gasteiger partial charge < -0.3 is 5.11 Å². The van der Waals surface area contributed by atoms with Crippen LogP contribution in [-0.2, 0) is 20.7 Å². The summed E-state index contributed by atoms with van der Waals surface area (Å²) in [6, 6.07) is 12.9. The van der Waals surface area contributed by atoms with Crippen LogP contribution in [0.3, 0.4) is 0 Å². The second kappa shape index (κ2) is 6.26. The molecule has 6 nitrogen and oxygen atoms in total. The van der Waals surface area contributed by atoms with Gasteiger partial charge in [0.05, 0.1) is 23.2 Å². The van der Waals surface area contributed by atoms with E-state index in [2.05, 4.69) is 0 Å². The number of hydrogen-bond acceptors (Lipinski definition) is 4. The molecule has 126 valence electrons. The van der Waals surface area contributed by atoms with Crippen molar-refractivity contribution in [3.8, 4) is 0 Å². The van der Waals surface area contributed by atoms with E-state index in [4.69, 9.17) is 4.18 Å². The molecule has 1 unspecified atom stereocenters. The van der Waals surface area contributed by atoms with E-state index in [9.17, 15) is 18.3 Å². The van der Waals surface area contributed by atoms with Gasteiger partial charge in [-0.15, -0.1) is 0 Å². The first-order valence-corrected chi connectivity index (χ1v) is 8.85. The predicted octanol–water partition coefficient (Wildman–Crippen LogP) is 2.81. The van der Waals surface area contributed by atoms with E-state index in [0.29, 0.717) is 12.1 Å². The number of benzene rings is 2. The van der Waals surface area contributed by atoms with Crippen LogP contribution in [-0.4, -0.2) is 32.3 Å². The topological polar surface area (TPSA) is 83.9 Å². The first kappa shape index (κ1) is 16.5. The molecule has 1 amide bonds. The van der Waals surface area contributed by atoms with Crippen LogP contribution in [0.1, 0.15) is 11.1 Å². The average molecular weight is 347 g/mol. The molecule has 1 aliphatic rings. The summed E-state index contributed by atoms with van der Waals surface area (Å²) in [6.45, 7) is 1.63. The van der Waals surface area contributed by atoms with Crippen molar-refractivity contribution in [3.05, 3.63) is 59.7 Å². The third kappa shape index (κ3) is 3.13. The molecule has 1 atom stereocenters. The molecule has 0 aliphatic carbocycles. The molecule has 24 heavy (non-hydrogen) atoms. The number of amides is 1. The fraction of sp³-hybridized carbons (Fsp3) is 0.235. The number of aryl methyl sites for hydroxylation is 1. The molecule has 0 radical (unpaired) electrons. The van der Waals surface area contributed by atoms with Crippen molar-refractivity contribution < 1.29 is 22.5 Å². The van der Waals surface area contributed by atoms with Gasteiger partial charge in [-0.1, -0.05) is 35.9 Å². The molecular weight excluding hydrogens is 330 g/mol. The zero-order valence-electron chi connectivity index (χ0n) is 13.0. The summed E-state index contributed by atoms with van der Waals surface area (Å²) in [6.07, 6.45) is -0.701. The quantitative estimate of drug-likeness (QED) is 0.860. The summed E-state index contributed by atoms with van der Waals surface area (Å²) in [5.41, 5.74) is 2.38. The first-order valence-electron chi connectivity index (χ1n) is 7.44. The van der Waals surface area contributed by atoms with Crippen molar-refractivity contribution in [2.75, 3.05) is 11.5 Å². The molecule has 0 saturated heterocycles. The Balaban J connectivity index is 1.77. The van der Waals surface area contributed by atoms with Gasteiger partial charge in [0.1, 0.15) is 0 Å². The highest BCUT2D eigenvalue weighted by Crippen LogP contribution is 2.32. The smallest absolute Gasteiger partial charge is 0.412 e. The van der Waals surface area contributed by atoms with Crippen LogP contribution in [0, 0.1) is 6.92 Å². The van der Waals surface area contributed by atoms with Gasteiger partial charge in [0, 0.05) is 0 Å². The second-order valence-electron chi connectivity index (χ2n) is 5.69. The Morgan fingerprint density at radius 2 is 1.88 bits per heavy atom.